The van der Waals surface area contributed by atoms with Crippen molar-refractivity contribution in [3.05, 3.63) is 59.4 Å². The third-order valence-electron chi connectivity index (χ3n) is 3.01. The fourth-order valence-corrected chi connectivity index (χ4v) is 1.99. The number of ether oxygens (including phenoxy) is 2. The molecule has 0 saturated carbocycles. The molecule has 0 unspecified atom stereocenters. The molecule has 4 N–H and O–H groups in total. The van der Waals surface area contributed by atoms with Crippen LogP contribution in [0.5, 0.6) is 11.5 Å². The van der Waals surface area contributed by atoms with Crippen LogP contribution in [0.3, 0.4) is 0 Å². The molecule has 0 radical (unpaired) electrons. The van der Waals surface area contributed by atoms with Crippen LogP contribution in [-0.2, 0) is 6.61 Å². The Kier molecular flexibility index (Phi) is 6.51. The number of halogens is 1. The Labute approximate surface area is 145 Å². The van der Waals surface area contributed by atoms with Gasteiger partial charge in [0.05, 0.1) is 6.61 Å². The average molecular weight is 348 g/mol. The fraction of sp³-hybridized carbons (Fsp3) is 0.176. The van der Waals surface area contributed by atoms with Gasteiger partial charge in [0.2, 0.25) is 5.11 Å². The van der Waals surface area contributed by atoms with E-state index >= 15 is 0 Å². The summed E-state index contributed by atoms with van der Waals surface area (Å²) >= 11 is 4.70. The van der Waals surface area contributed by atoms with Gasteiger partial charge in [0.1, 0.15) is 12.4 Å². The molecular weight excluding hydrogens is 329 g/mol. The van der Waals surface area contributed by atoms with Crippen LogP contribution in [0.2, 0.25) is 0 Å². The van der Waals surface area contributed by atoms with E-state index in [0.717, 1.165) is 11.1 Å². The predicted molar refractivity (Wildman–Crippen MR) is 94.4 cm³/mol. The van der Waals surface area contributed by atoms with Crippen LogP contribution in [-0.4, -0.2) is 17.9 Å². The number of nitrogens with two attached hydrogens (primary N) is 1. The second-order valence-electron chi connectivity index (χ2n) is 4.83. The standard InChI is InChI=1S/C17H18FN3O2S/c1-2-22-16-9-13(10-20-21-17(19)24)5-8-15(16)23-11-12-3-6-14(18)7-4-12/h3-10H,2,11H2,1H3,(H3,19,21,24)/p+1. The minimum absolute atomic E-state index is 0.149. The number of rotatable bonds is 7. The van der Waals surface area contributed by atoms with Crippen molar-refractivity contribution in [1.29, 1.82) is 0 Å². The summed E-state index contributed by atoms with van der Waals surface area (Å²) in [7, 11) is 0. The van der Waals surface area contributed by atoms with Gasteiger partial charge in [-0.1, -0.05) is 12.1 Å². The molecule has 0 atom stereocenters. The second-order valence-corrected chi connectivity index (χ2v) is 5.27. The smallest absolute Gasteiger partial charge is 0.221 e. The summed E-state index contributed by atoms with van der Waals surface area (Å²) < 4.78 is 24.3. The highest BCUT2D eigenvalue weighted by Gasteiger charge is 2.07. The van der Waals surface area contributed by atoms with Crippen LogP contribution < -0.4 is 25.7 Å². The van der Waals surface area contributed by atoms with Crippen molar-refractivity contribution in [2.75, 3.05) is 6.61 Å². The predicted octanol–water partition coefficient (Wildman–Crippen LogP) is 1.05. The minimum atomic E-state index is -0.272. The molecular formula is C17H19FN3O2S+. The normalized spacial score (nSPS) is 10.6. The SMILES string of the molecule is CCOc1cc(C=[NH+]NC(N)=S)ccc1OCc1ccc(F)cc1. The first-order valence-corrected chi connectivity index (χ1v) is 7.77. The first-order valence-electron chi connectivity index (χ1n) is 7.36. The number of hydrazone groups is 1. The van der Waals surface area contributed by atoms with Gasteiger partial charge in [-0.2, -0.15) is 0 Å². The van der Waals surface area contributed by atoms with Crippen LogP contribution in [0.15, 0.2) is 42.5 Å². The van der Waals surface area contributed by atoms with Crippen LogP contribution in [0.1, 0.15) is 18.1 Å². The second kappa shape index (κ2) is 8.83. The number of thiocarbonyl (C=S) groups is 1. The third-order valence-corrected chi connectivity index (χ3v) is 3.11. The molecule has 24 heavy (non-hydrogen) atoms. The first-order chi connectivity index (χ1) is 11.6. The molecule has 0 fully saturated rings. The van der Waals surface area contributed by atoms with E-state index < -0.39 is 0 Å². The molecule has 0 aromatic heterocycles. The Morgan fingerprint density at radius 1 is 1.21 bits per heavy atom. The lowest BCUT2D eigenvalue weighted by Gasteiger charge is -2.12. The monoisotopic (exact) mass is 348 g/mol. The maximum atomic E-state index is 12.9. The summed E-state index contributed by atoms with van der Waals surface area (Å²) in [6.45, 7) is 2.73. The number of hydrazine groups is 1. The van der Waals surface area contributed by atoms with Gasteiger partial charge in [-0.25, -0.2) is 4.39 Å². The molecule has 0 saturated heterocycles. The molecule has 0 bridgehead atoms. The van der Waals surface area contributed by atoms with Crippen molar-refractivity contribution >= 4 is 23.5 Å². The average Bonchev–Trinajstić information content (AvgIpc) is 2.55. The third kappa shape index (κ3) is 5.51. The van der Waals surface area contributed by atoms with Gasteiger partial charge in [-0.15, -0.1) is 10.5 Å². The van der Waals surface area contributed by atoms with Gasteiger partial charge in [-0.3, -0.25) is 0 Å². The largest absolute Gasteiger partial charge is 0.490 e. The fourth-order valence-electron chi connectivity index (χ4n) is 1.93. The van der Waals surface area contributed by atoms with Gasteiger partial charge in [0, 0.05) is 5.56 Å². The van der Waals surface area contributed by atoms with Gasteiger partial charge in [0.15, 0.2) is 17.7 Å². The topological polar surface area (TPSA) is 70.5 Å². The van der Waals surface area contributed by atoms with E-state index in [9.17, 15) is 4.39 Å². The Morgan fingerprint density at radius 2 is 1.96 bits per heavy atom. The van der Waals surface area contributed by atoms with Crippen LogP contribution in [0.25, 0.3) is 0 Å². The van der Waals surface area contributed by atoms with Gasteiger partial charge >= 0.3 is 0 Å². The van der Waals surface area contributed by atoms with Crippen molar-refractivity contribution in [1.82, 2.24) is 5.43 Å². The van der Waals surface area contributed by atoms with Gasteiger partial charge in [0.25, 0.3) is 0 Å². The number of hydrogen-bond acceptors (Lipinski definition) is 3. The van der Waals surface area contributed by atoms with E-state index in [4.69, 9.17) is 27.4 Å². The summed E-state index contributed by atoms with van der Waals surface area (Å²) in [5.74, 6) is 0.956. The van der Waals surface area contributed by atoms with E-state index in [1.165, 1.54) is 12.1 Å². The summed E-state index contributed by atoms with van der Waals surface area (Å²) in [6, 6.07) is 11.7. The van der Waals surface area contributed by atoms with E-state index in [1.54, 1.807) is 18.3 Å². The van der Waals surface area contributed by atoms with Crippen molar-refractivity contribution in [3.8, 4) is 11.5 Å². The molecule has 2 aromatic carbocycles. The zero-order valence-electron chi connectivity index (χ0n) is 13.2. The summed E-state index contributed by atoms with van der Waals surface area (Å²) in [4.78, 5) is 0. The lowest BCUT2D eigenvalue weighted by molar-refractivity contribution is -0.499. The quantitative estimate of drug-likeness (QED) is 0.396. The van der Waals surface area contributed by atoms with Gasteiger partial charge in [-0.05, 0) is 55.0 Å². The van der Waals surface area contributed by atoms with E-state index in [-0.39, 0.29) is 10.9 Å². The van der Waals surface area contributed by atoms with E-state index in [2.05, 4.69) is 10.5 Å². The summed E-state index contributed by atoms with van der Waals surface area (Å²) in [5, 5.41) is 2.93. The number of benzene rings is 2. The van der Waals surface area contributed by atoms with E-state index in [1.807, 2.05) is 25.1 Å². The molecule has 0 aliphatic carbocycles. The Morgan fingerprint density at radius 3 is 2.62 bits per heavy atom. The Bertz CT molecular complexity index is 720. The van der Waals surface area contributed by atoms with E-state index in [0.29, 0.717) is 24.7 Å². The zero-order chi connectivity index (χ0) is 17.4. The first kappa shape index (κ1) is 17.7. The molecule has 0 amide bonds. The maximum absolute atomic E-state index is 12.9. The van der Waals surface area contributed by atoms with Crippen molar-refractivity contribution < 1.29 is 19.0 Å². The summed E-state index contributed by atoms with van der Waals surface area (Å²) in [5.41, 5.74) is 9.67. The molecule has 5 nitrogen and oxygen atoms in total. The Hall–Kier alpha value is -2.67. The molecule has 0 spiro atoms. The molecule has 7 heteroatoms. The lowest BCUT2D eigenvalue weighted by Crippen LogP contribution is -2.82. The summed E-state index contributed by atoms with van der Waals surface area (Å²) in [6.07, 6.45) is 1.70. The van der Waals surface area contributed by atoms with Crippen molar-refractivity contribution in [2.24, 2.45) is 5.73 Å². The van der Waals surface area contributed by atoms with Crippen LogP contribution >= 0.6 is 12.2 Å². The molecule has 2 rings (SSSR count). The van der Waals surface area contributed by atoms with Crippen LogP contribution in [0.4, 0.5) is 4.39 Å². The van der Waals surface area contributed by atoms with Gasteiger partial charge < -0.3 is 15.2 Å². The molecule has 126 valence electrons. The lowest BCUT2D eigenvalue weighted by atomic mass is 10.2. The zero-order valence-corrected chi connectivity index (χ0v) is 14.0. The molecule has 2 aromatic rings. The van der Waals surface area contributed by atoms with Crippen molar-refractivity contribution in [2.45, 2.75) is 13.5 Å². The highest BCUT2D eigenvalue weighted by Crippen LogP contribution is 2.28. The highest BCUT2D eigenvalue weighted by molar-refractivity contribution is 7.80. The molecule has 0 heterocycles. The van der Waals surface area contributed by atoms with Crippen LogP contribution in [0, 0.1) is 5.82 Å². The highest BCUT2D eigenvalue weighted by atomic mass is 32.1. The minimum Gasteiger partial charge on any atom is -0.490 e. The number of nitrogens with one attached hydrogen (secondary N) is 2. The molecule has 0 aliphatic heterocycles. The maximum Gasteiger partial charge on any atom is 0.221 e. The number of hydrogen-bond donors (Lipinski definition) is 3. The molecule has 0 aliphatic rings. The Balaban J connectivity index is 2.09. The van der Waals surface area contributed by atoms with Crippen molar-refractivity contribution in [3.63, 3.8) is 0 Å².